The Morgan fingerprint density at radius 3 is 2.18 bits per heavy atom. The van der Waals surface area contributed by atoms with Gasteiger partial charge in [0.1, 0.15) is 0 Å². The van der Waals surface area contributed by atoms with Crippen LogP contribution in [0.4, 0.5) is 0 Å². The van der Waals surface area contributed by atoms with Gasteiger partial charge in [-0.1, -0.05) is 58.5 Å². The molecule has 12 heteroatoms. The number of nitrogens with zero attached hydrogens (tertiary/aromatic N) is 2. The highest BCUT2D eigenvalue weighted by Crippen LogP contribution is 2.35. The van der Waals surface area contributed by atoms with Crippen LogP contribution in [-0.4, -0.2) is 74.2 Å². The Kier molecular flexibility index (Phi) is 10.8. The van der Waals surface area contributed by atoms with E-state index in [1.807, 2.05) is 6.92 Å². The lowest BCUT2D eigenvalue weighted by Crippen LogP contribution is -2.48. The summed E-state index contributed by atoms with van der Waals surface area (Å²) in [5.41, 5.74) is 0.323. The molecule has 1 unspecified atom stereocenters. The van der Waals surface area contributed by atoms with E-state index in [1.165, 1.54) is 10.6 Å². The first kappa shape index (κ1) is 31.4. The Hall–Kier alpha value is -1.10. The van der Waals surface area contributed by atoms with Crippen molar-refractivity contribution in [3.05, 3.63) is 67.6 Å². The van der Waals surface area contributed by atoms with Crippen LogP contribution in [0.1, 0.15) is 43.4 Å². The molecule has 1 saturated heterocycles. The van der Waals surface area contributed by atoms with Gasteiger partial charge in [0.25, 0.3) is 0 Å². The lowest BCUT2D eigenvalue weighted by atomic mass is 9.78. The molecule has 1 aliphatic heterocycles. The fourth-order valence-electron chi connectivity index (χ4n) is 4.67. The summed E-state index contributed by atoms with van der Waals surface area (Å²) in [6.45, 7) is 3.55. The lowest BCUT2D eigenvalue weighted by molar-refractivity contribution is -0.127. The molecular formula is C26H33Cl4N3O4S. The molecule has 1 amide bonds. The third kappa shape index (κ3) is 7.55. The molecule has 1 heterocycles. The van der Waals surface area contributed by atoms with E-state index in [-0.39, 0.29) is 18.6 Å². The maximum absolute atomic E-state index is 13.8. The van der Waals surface area contributed by atoms with Crippen molar-refractivity contribution in [3.8, 4) is 0 Å². The second-order valence-electron chi connectivity index (χ2n) is 9.95. The summed E-state index contributed by atoms with van der Waals surface area (Å²) >= 11 is 24.7. The average molecular weight is 625 g/mol. The number of hydrogen-bond acceptors (Lipinski definition) is 5. The van der Waals surface area contributed by atoms with E-state index in [9.17, 15) is 18.3 Å². The van der Waals surface area contributed by atoms with Crippen LogP contribution in [0.3, 0.4) is 0 Å². The van der Waals surface area contributed by atoms with Crippen LogP contribution in [-0.2, 0) is 20.2 Å². The molecule has 38 heavy (non-hydrogen) atoms. The van der Waals surface area contributed by atoms with Crippen molar-refractivity contribution in [2.45, 2.75) is 43.7 Å². The van der Waals surface area contributed by atoms with E-state index < -0.39 is 21.5 Å². The van der Waals surface area contributed by atoms with Crippen molar-refractivity contribution < 1.29 is 18.3 Å². The van der Waals surface area contributed by atoms with Gasteiger partial charge in [-0.25, -0.2) is 12.7 Å². The molecule has 0 bridgehead atoms. The standard InChI is InChI=1S/C26H33Cl4N3O4S/c1-26(18-5-7-21(28)23(30)15-18,10-13-33-11-8-19(9-12-33)32(2)38(3,36)37)25(35)31-24(16-34)17-4-6-20(27)22(29)14-17/h4-7,14-15,19,24,34H,8-13,16H2,1-3H3,(H,31,35)/t24-,26?/m0/s1. The second kappa shape index (κ2) is 13.0. The van der Waals surface area contributed by atoms with Gasteiger partial charge in [-0.15, -0.1) is 0 Å². The van der Waals surface area contributed by atoms with Crippen LogP contribution in [0.5, 0.6) is 0 Å². The summed E-state index contributed by atoms with van der Waals surface area (Å²) in [5, 5.41) is 14.5. The van der Waals surface area contributed by atoms with E-state index >= 15 is 0 Å². The van der Waals surface area contributed by atoms with Crippen molar-refractivity contribution in [2.75, 3.05) is 39.5 Å². The number of rotatable bonds is 10. The number of likely N-dealkylation sites (tertiary alicyclic amines) is 1. The zero-order chi connectivity index (χ0) is 28.3. The highest BCUT2D eigenvalue weighted by molar-refractivity contribution is 7.88. The van der Waals surface area contributed by atoms with Crippen molar-refractivity contribution in [1.29, 1.82) is 0 Å². The van der Waals surface area contributed by atoms with Gasteiger partial charge in [0.05, 0.1) is 44.4 Å². The van der Waals surface area contributed by atoms with E-state index in [4.69, 9.17) is 46.4 Å². The molecule has 0 aliphatic carbocycles. The zero-order valence-corrected chi connectivity index (χ0v) is 25.4. The summed E-state index contributed by atoms with van der Waals surface area (Å²) in [6, 6.07) is 9.38. The number of piperidine rings is 1. The van der Waals surface area contributed by atoms with E-state index in [0.29, 0.717) is 70.1 Å². The zero-order valence-electron chi connectivity index (χ0n) is 21.6. The highest BCUT2D eigenvalue weighted by atomic mass is 35.5. The number of sulfonamides is 1. The predicted molar refractivity (Wildman–Crippen MR) is 155 cm³/mol. The molecule has 1 aliphatic rings. The molecule has 2 atom stereocenters. The summed E-state index contributed by atoms with van der Waals surface area (Å²) in [4.78, 5) is 16.1. The smallest absolute Gasteiger partial charge is 0.230 e. The van der Waals surface area contributed by atoms with Crippen molar-refractivity contribution in [3.63, 3.8) is 0 Å². The summed E-state index contributed by atoms with van der Waals surface area (Å²) in [5.74, 6) is -0.285. The van der Waals surface area contributed by atoms with Crippen LogP contribution < -0.4 is 5.32 Å². The Morgan fingerprint density at radius 1 is 1.08 bits per heavy atom. The third-order valence-electron chi connectivity index (χ3n) is 7.41. The SMILES string of the molecule is CN(C1CCN(CCC(C)(C(=O)N[C@@H](CO)c2ccc(Cl)c(Cl)c2)c2ccc(Cl)c(Cl)c2)CC1)S(C)(=O)=O. The average Bonchev–Trinajstić information content (AvgIpc) is 2.88. The van der Waals surface area contributed by atoms with Gasteiger partial charge in [0.2, 0.25) is 15.9 Å². The summed E-state index contributed by atoms with van der Waals surface area (Å²) < 4.78 is 25.3. The molecule has 0 radical (unpaired) electrons. The maximum atomic E-state index is 13.8. The van der Waals surface area contributed by atoms with Crippen LogP contribution in [0.2, 0.25) is 20.1 Å². The summed E-state index contributed by atoms with van der Waals surface area (Å²) in [7, 11) is -1.63. The first-order valence-electron chi connectivity index (χ1n) is 12.2. The minimum absolute atomic E-state index is 0.0393. The molecule has 2 aromatic rings. The largest absolute Gasteiger partial charge is 0.394 e. The number of hydrogen-bond donors (Lipinski definition) is 2. The number of carbonyl (C=O) groups excluding carboxylic acids is 1. The normalized spacial score (nSPS) is 17.8. The second-order valence-corrected chi connectivity index (χ2v) is 13.6. The molecule has 3 rings (SSSR count). The number of carbonyl (C=O) groups is 1. The Bertz CT molecular complexity index is 1260. The molecule has 7 nitrogen and oxygen atoms in total. The Morgan fingerprint density at radius 2 is 1.66 bits per heavy atom. The van der Waals surface area contributed by atoms with Gasteiger partial charge in [-0.05, 0) is 81.2 Å². The fraction of sp³-hybridized carbons (Fsp3) is 0.500. The number of amides is 1. The first-order chi connectivity index (χ1) is 17.8. The Labute approximate surface area is 245 Å². The number of benzene rings is 2. The van der Waals surface area contributed by atoms with Gasteiger partial charge >= 0.3 is 0 Å². The summed E-state index contributed by atoms with van der Waals surface area (Å²) in [6.07, 6.45) is 3.10. The van der Waals surface area contributed by atoms with E-state index in [0.717, 1.165) is 0 Å². The number of aliphatic hydroxyl groups is 1. The fourth-order valence-corrected chi connectivity index (χ4v) is 6.03. The van der Waals surface area contributed by atoms with Gasteiger partial charge in [-0.3, -0.25) is 4.79 Å². The van der Waals surface area contributed by atoms with Crippen molar-refractivity contribution in [1.82, 2.24) is 14.5 Å². The van der Waals surface area contributed by atoms with Crippen molar-refractivity contribution >= 4 is 62.3 Å². The van der Waals surface area contributed by atoms with Gasteiger partial charge < -0.3 is 15.3 Å². The minimum Gasteiger partial charge on any atom is -0.394 e. The Balaban J connectivity index is 1.79. The van der Waals surface area contributed by atoms with Gasteiger partial charge in [-0.2, -0.15) is 0 Å². The number of nitrogens with one attached hydrogen (secondary N) is 1. The molecule has 2 aromatic carbocycles. The van der Waals surface area contributed by atoms with Crippen LogP contribution in [0, 0.1) is 0 Å². The molecule has 0 aromatic heterocycles. The van der Waals surface area contributed by atoms with Crippen LogP contribution in [0.15, 0.2) is 36.4 Å². The minimum atomic E-state index is -3.25. The molecular weight excluding hydrogens is 592 g/mol. The number of halogens is 4. The molecule has 1 fully saturated rings. The topological polar surface area (TPSA) is 89.9 Å². The number of aliphatic hydroxyl groups excluding tert-OH is 1. The first-order valence-corrected chi connectivity index (χ1v) is 15.6. The van der Waals surface area contributed by atoms with Crippen molar-refractivity contribution in [2.24, 2.45) is 0 Å². The molecule has 210 valence electrons. The highest BCUT2D eigenvalue weighted by Gasteiger charge is 2.38. The quantitative estimate of drug-likeness (QED) is 0.381. The lowest BCUT2D eigenvalue weighted by Gasteiger charge is -2.38. The molecule has 0 spiro atoms. The van der Waals surface area contributed by atoms with Gasteiger partial charge in [0.15, 0.2) is 0 Å². The van der Waals surface area contributed by atoms with Crippen LogP contribution in [0.25, 0.3) is 0 Å². The van der Waals surface area contributed by atoms with Crippen LogP contribution >= 0.6 is 46.4 Å². The third-order valence-corrected chi connectivity index (χ3v) is 10.2. The predicted octanol–water partition coefficient (Wildman–Crippen LogP) is 5.15. The van der Waals surface area contributed by atoms with E-state index in [1.54, 1.807) is 43.4 Å². The molecule has 2 N–H and O–H groups in total. The monoisotopic (exact) mass is 623 g/mol. The van der Waals surface area contributed by atoms with E-state index in [2.05, 4.69) is 10.2 Å². The molecule has 0 saturated carbocycles. The maximum Gasteiger partial charge on any atom is 0.230 e. The van der Waals surface area contributed by atoms with Gasteiger partial charge in [0, 0.05) is 13.1 Å².